The van der Waals surface area contributed by atoms with E-state index >= 15 is 0 Å². The normalized spacial score (nSPS) is 23.4. The number of hydrogen-bond acceptors (Lipinski definition) is 5. The average Bonchev–Trinajstić information content (AvgIpc) is 2.27. The Balaban J connectivity index is 2.80. The van der Waals surface area contributed by atoms with Gasteiger partial charge >= 0.3 is 5.97 Å². The summed E-state index contributed by atoms with van der Waals surface area (Å²) in [5, 5.41) is 7.53. The SMILES string of the molecule is CCC(C(=O)O)S(=O)(=O)CC1CCCN(S(C)(=O)=O)C1. The van der Waals surface area contributed by atoms with E-state index in [2.05, 4.69) is 0 Å². The Morgan fingerprint density at radius 3 is 2.40 bits per heavy atom. The highest BCUT2D eigenvalue weighted by atomic mass is 32.2. The van der Waals surface area contributed by atoms with Gasteiger partial charge in [-0.05, 0) is 25.2 Å². The van der Waals surface area contributed by atoms with Crippen LogP contribution in [0.3, 0.4) is 0 Å². The third-order valence-corrected chi connectivity index (χ3v) is 7.11. The molecule has 2 atom stereocenters. The maximum Gasteiger partial charge on any atom is 0.321 e. The van der Waals surface area contributed by atoms with Crippen LogP contribution in [-0.2, 0) is 24.7 Å². The van der Waals surface area contributed by atoms with E-state index in [1.54, 1.807) is 0 Å². The minimum Gasteiger partial charge on any atom is -0.480 e. The zero-order valence-corrected chi connectivity index (χ0v) is 13.3. The third kappa shape index (κ3) is 4.42. The molecule has 1 saturated heterocycles. The van der Waals surface area contributed by atoms with Gasteiger partial charge in [-0.2, -0.15) is 0 Å². The van der Waals surface area contributed by atoms with Crippen molar-refractivity contribution >= 4 is 25.8 Å². The largest absolute Gasteiger partial charge is 0.480 e. The molecule has 0 spiro atoms. The van der Waals surface area contributed by atoms with Crippen LogP contribution in [0.4, 0.5) is 0 Å². The first-order valence-electron chi connectivity index (χ1n) is 6.47. The number of aliphatic carboxylic acids is 1. The molecular weight excluding hydrogens is 306 g/mol. The van der Waals surface area contributed by atoms with E-state index in [1.165, 1.54) is 11.2 Å². The Kier molecular flexibility index (Phi) is 5.56. The highest BCUT2D eigenvalue weighted by Crippen LogP contribution is 2.22. The molecule has 0 aromatic carbocycles. The summed E-state index contributed by atoms with van der Waals surface area (Å²) < 4.78 is 48.4. The minimum atomic E-state index is -3.76. The second-order valence-corrected chi connectivity index (χ2v) is 9.40. The van der Waals surface area contributed by atoms with Gasteiger partial charge in [-0.25, -0.2) is 21.1 Å². The summed E-state index contributed by atoms with van der Waals surface area (Å²) in [5.74, 6) is -1.95. The van der Waals surface area contributed by atoms with Gasteiger partial charge < -0.3 is 5.11 Å². The number of carbonyl (C=O) groups is 1. The van der Waals surface area contributed by atoms with Gasteiger partial charge in [-0.15, -0.1) is 0 Å². The summed E-state index contributed by atoms with van der Waals surface area (Å²) in [5.41, 5.74) is 0. The number of hydrogen-bond donors (Lipinski definition) is 1. The second-order valence-electron chi connectivity index (χ2n) is 5.19. The number of carboxylic acids is 1. The number of nitrogens with zero attached hydrogens (tertiary/aromatic N) is 1. The van der Waals surface area contributed by atoms with Crippen LogP contribution in [0.2, 0.25) is 0 Å². The lowest BCUT2D eigenvalue weighted by atomic mass is 10.0. The maximum atomic E-state index is 12.1. The average molecular weight is 327 g/mol. The van der Waals surface area contributed by atoms with Crippen LogP contribution < -0.4 is 0 Å². The summed E-state index contributed by atoms with van der Waals surface area (Å²) in [6, 6.07) is 0. The molecule has 20 heavy (non-hydrogen) atoms. The molecule has 1 heterocycles. The van der Waals surface area contributed by atoms with Crippen molar-refractivity contribution in [3.8, 4) is 0 Å². The van der Waals surface area contributed by atoms with E-state index in [1.807, 2.05) is 0 Å². The summed E-state index contributed by atoms with van der Waals surface area (Å²) in [7, 11) is -7.10. The highest BCUT2D eigenvalue weighted by Gasteiger charge is 2.35. The standard InChI is InChI=1S/C11H21NO6S2/c1-3-10(11(13)14)20(17,18)8-9-5-4-6-12(7-9)19(2,15)16/h9-10H,3-8H2,1-2H3,(H,13,14). The number of sulfone groups is 1. The van der Waals surface area contributed by atoms with Crippen molar-refractivity contribution in [1.29, 1.82) is 0 Å². The summed E-state index contributed by atoms with van der Waals surface area (Å²) in [4.78, 5) is 11.0. The predicted octanol–water partition coefficient (Wildman–Crippen LogP) is -0.0640. The smallest absolute Gasteiger partial charge is 0.321 e. The number of piperidine rings is 1. The quantitative estimate of drug-likeness (QED) is 0.732. The van der Waals surface area contributed by atoms with Crippen molar-refractivity contribution in [2.24, 2.45) is 5.92 Å². The van der Waals surface area contributed by atoms with Crippen molar-refractivity contribution in [3.63, 3.8) is 0 Å². The summed E-state index contributed by atoms with van der Waals surface area (Å²) >= 11 is 0. The van der Waals surface area contributed by atoms with Crippen molar-refractivity contribution in [2.45, 2.75) is 31.4 Å². The van der Waals surface area contributed by atoms with Gasteiger partial charge in [-0.1, -0.05) is 6.92 Å². The topological polar surface area (TPSA) is 109 Å². The van der Waals surface area contributed by atoms with Crippen LogP contribution in [0.15, 0.2) is 0 Å². The monoisotopic (exact) mass is 327 g/mol. The Bertz CT molecular complexity index is 553. The van der Waals surface area contributed by atoms with E-state index < -0.39 is 31.1 Å². The molecule has 1 aliphatic heterocycles. The lowest BCUT2D eigenvalue weighted by molar-refractivity contribution is -0.136. The lowest BCUT2D eigenvalue weighted by Crippen LogP contribution is -2.43. The van der Waals surface area contributed by atoms with Gasteiger partial charge in [-0.3, -0.25) is 4.79 Å². The van der Waals surface area contributed by atoms with Gasteiger partial charge in [0.15, 0.2) is 15.1 Å². The maximum absolute atomic E-state index is 12.1. The molecular formula is C11H21NO6S2. The Labute approximate surface area is 119 Å². The Morgan fingerprint density at radius 1 is 1.35 bits per heavy atom. The van der Waals surface area contributed by atoms with Crippen LogP contribution in [0, 0.1) is 5.92 Å². The van der Waals surface area contributed by atoms with E-state index in [0.717, 1.165) is 6.26 Å². The Morgan fingerprint density at radius 2 is 1.95 bits per heavy atom. The fourth-order valence-electron chi connectivity index (χ4n) is 2.49. The van der Waals surface area contributed by atoms with E-state index in [9.17, 15) is 21.6 Å². The molecule has 0 aromatic heterocycles. The molecule has 7 nitrogen and oxygen atoms in total. The van der Waals surface area contributed by atoms with Gasteiger partial charge in [0, 0.05) is 13.1 Å². The third-order valence-electron chi connectivity index (χ3n) is 3.50. The molecule has 9 heteroatoms. The lowest BCUT2D eigenvalue weighted by Gasteiger charge is -2.31. The van der Waals surface area contributed by atoms with E-state index in [-0.39, 0.29) is 24.6 Å². The first-order valence-corrected chi connectivity index (χ1v) is 10.0. The minimum absolute atomic E-state index is 0.0141. The van der Waals surface area contributed by atoms with Gasteiger partial charge in [0.2, 0.25) is 10.0 Å². The van der Waals surface area contributed by atoms with E-state index in [4.69, 9.17) is 5.11 Å². The highest BCUT2D eigenvalue weighted by molar-refractivity contribution is 7.92. The van der Waals surface area contributed by atoms with Crippen LogP contribution in [0.25, 0.3) is 0 Å². The fraction of sp³-hybridized carbons (Fsp3) is 0.909. The fourth-order valence-corrected chi connectivity index (χ4v) is 5.41. The zero-order valence-electron chi connectivity index (χ0n) is 11.6. The first-order chi connectivity index (χ1) is 9.08. The summed E-state index contributed by atoms with van der Waals surface area (Å²) in [6.45, 7) is 2.06. The molecule has 1 fully saturated rings. The molecule has 0 amide bonds. The van der Waals surface area contributed by atoms with Gasteiger partial charge in [0.05, 0.1) is 12.0 Å². The molecule has 0 bridgehead atoms. The molecule has 118 valence electrons. The molecule has 0 aliphatic carbocycles. The summed E-state index contributed by atoms with van der Waals surface area (Å²) in [6.07, 6.45) is 2.30. The predicted molar refractivity (Wildman–Crippen MR) is 74.6 cm³/mol. The molecule has 2 unspecified atom stereocenters. The van der Waals surface area contributed by atoms with Crippen molar-refractivity contribution in [1.82, 2.24) is 4.31 Å². The van der Waals surface area contributed by atoms with Crippen molar-refractivity contribution in [3.05, 3.63) is 0 Å². The van der Waals surface area contributed by atoms with Crippen LogP contribution in [-0.4, -0.2) is 62.6 Å². The number of carboxylic acid groups (broad SMARTS) is 1. The van der Waals surface area contributed by atoms with Crippen LogP contribution in [0.5, 0.6) is 0 Å². The molecule has 1 N–H and O–H groups in total. The van der Waals surface area contributed by atoms with Crippen molar-refractivity contribution < 1.29 is 26.7 Å². The van der Waals surface area contributed by atoms with Crippen LogP contribution in [0.1, 0.15) is 26.2 Å². The molecule has 1 rings (SSSR count). The van der Waals surface area contributed by atoms with E-state index in [0.29, 0.717) is 19.4 Å². The number of sulfonamides is 1. The second kappa shape index (κ2) is 6.40. The number of rotatable bonds is 6. The Hall–Kier alpha value is -0.670. The first kappa shape index (κ1) is 17.4. The molecule has 0 aromatic rings. The van der Waals surface area contributed by atoms with Gasteiger partial charge in [0.1, 0.15) is 0 Å². The van der Waals surface area contributed by atoms with Gasteiger partial charge in [0.25, 0.3) is 0 Å². The molecule has 1 aliphatic rings. The van der Waals surface area contributed by atoms with Crippen molar-refractivity contribution in [2.75, 3.05) is 25.1 Å². The molecule has 0 saturated carbocycles. The zero-order chi connectivity index (χ0) is 15.6. The molecule has 0 radical (unpaired) electrons. The van der Waals surface area contributed by atoms with Crippen LogP contribution >= 0.6 is 0 Å².